The monoisotopic (exact) mass is 324 g/mol. The van der Waals surface area contributed by atoms with Crippen LogP contribution in [-0.2, 0) is 0 Å². The average molecular weight is 325 g/mol. The van der Waals surface area contributed by atoms with Crippen molar-refractivity contribution in [2.75, 3.05) is 27.2 Å². The van der Waals surface area contributed by atoms with Gasteiger partial charge in [-0.1, -0.05) is 72.5 Å². The summed E-state index contributed by atoms with van der Waals surface area (Å²) in [5.74, 6) is 3.34. The summed E-state index contributed by atoms with van der Waals surface area (Å²) in [4.78, 5) is 0. The number of allylic oxidation sites excluding steroid dienone is 2. The van der Waals surface area contributed by atoms with Crippen LogP contribution in [0.1, 0.15) is 80.1 Å². The third kappa shape index (κ3) is 8.94. The van der Waals surface area contributed by atoms with Crippen LogP contribution in [0.4, 0.5) is 0 Å². The Bertz CT molecular complexity index is 305. The number of quaternary nitrogens is 1. The fourth-order valence-electron chi connectivity index (χ4n) is 4.52. The number of hydrogen-bond acceptors (Lipinski definition) is 0. The molecule has 0 radical (unpaired) electrons. The summed E-state index contributed by atoms with van der Waals surface area (Å²) in [7, 11) is 4.82. The first-order chi connectivity index (χ1) is 10.8. The van der Waals surface area contributed by atoms with Crippen molar-refractivity contribution in [1.82, 2.24) is 0 Å². The van der Waals surface area contributed by atoms with Gasteiger partial charge in [-0.2, -0.15) is 0 Å². The molecule has 1 nitrogen and oxygen atoms in total. The zero-order chi connectivity index (χ0) is 17.9. The molecule has 0 spiro atoms. The van der Waals surface area contributed by atoms with E-state index < -0.39 is 0 Å². The van der Waals surface area contributed by atoms with Crippen LogP contribution < -0.4 is 0 Å². The quantitative estimate of drug-likeness (QED) is 0.266. The van der Waals surface area contributed by atoms with Gasteiger partial charge < -0.3 is 4.48 Å². The maximum atomic E-state index is 2.54. The zero-order valence-electron chi connectivity index (χ0n) is 17.6. The molecule has 0 aromatic rings. The van der Waals surface area contributed by atoms with Crippen molar-refractivity contribution in [3.63, 3.8) is 0 Å². The molecule has 0 rings (SSSR count). The van der Waals surface area contributed by atoms with E-state index in [1.165, 1.54) is 56.1 Å². The van der Waals surface area contributed by atoms with Crippen LogP contribution in [-0.4, -0.2) is 31.7 Å². The van der Waals surface area contributed by atoms with Gasteiger partial charge in [-0.15, -0.1) is 0 Å². The van der Waals surface area contributed by atoms with Crippen LogP contribution in [0.5, 0.6) is 0 Å². The van der Waals surface area contributed by atoms with Gasteiger partial charge in [0.05, 0.1) is 27.2 Å². The van der Waals surface area contributed by atoms with Crippen LogP contribution in [0.2, 0.25) is 0 Å². The highest BCUT2D eigenvalue weighted by atomic mass is 15.3. The average Bonchev–Trinajstić information content (AvgIpc) is 2.47. The van der Waals surface area contributed by atoms with E-state index in [-0.39, 0.29) is 0 Å². The molecular formula is C22H46N+. The minimum Gasteiger partial charge on any atom is -0.328 e. The molecule has 0 aromatic carbocycles. The van der Waals surface area contributed by atoms with Crippen molar-refractivity contribution in [2.24, 2.45) is 23.7 Å². The van der Waals surface area contributed by atoms with Crippen molar-refractivity contribution < 1.29 is 4.48 Å². The summed E-state index contributed by atoms with van der Waals surface area (Å²) in [5.41, 5.74) is 0. The van der Waals surface area contributed by atoms with Crippen molar-refractivity contribution in [3.05, 3.63) is 12.2 Å². The highest BCUT2D eigenvalue weighted by Crippen LogP contribution is 2.35. The molecule has 0 saturated carbocycles. The molecule has 0 fully saturated rings. The third-order valence-corrected chi connectivity index (χ3v) is 5.86. The minimum absolute atomic E-state index is 0.790. The van der Waals surface area contributed by atoms with E-state index in [9.17, 15) is 0 Å². The first-order valence-electron chi connectivity index (χ1n) is 10.3. The molecule has 0 N–H and O–H groups in total. The van der Waals surface area contributed by atoms with E-state index in [0.29, 0.717) is 0 Å². The highest BCUT2D eigenvalue weighted by molar-refractivity contribution is 4.86. The molecular weight excluding hydrogens is 278 g/mol. The van der Waals surface area contributed by atoms with Gasteiger partial charge >= 0.3 is 0 Å². The predicted octanol–water partition coefficient (Wildman–Crippen LogP) is 6.54. The second kappa shape index (κ2) is 12.1. The standard InChI is InChI=1S/C22H46N/c1-9-13-15-21(12-4)20(6)22(16-14-10-2)19(5)18-23(7,8)17-11-3/h10,14,19-22H,9,11-13,15-18H2,1-8H3/q+1. The number of nitrogens with zero attached hydrogens (tertiary/aromatic N) is 1. The second-order valence-electron chi connectivity index (χ2n) is 8.46. The lowest BCUT2D eigenvalue weighted by Gasteiger charge is -2.39. The molecule has 0 heterocycles. The fourth-order valence-corrected chi connectivity index (χ4v) is 4.52. The Balaban J connectivity index is 5.01. The molecule has 0 amide bonds. The predicted molar refractivity (Wildman–Crippen MR) is 107 cm³/mol. The van der Waals surface area contributed by atoms with Crippen molar-refractivity contribution in [2.45, 2.75) is 80.1 Å². The van der Waals surface area contributed by atoms with E-state index >= 15 is 0 Å². The molecule has 138 valence electrons. The molecule has 0 aliphatic rings. The Morgan fingerprint density at radius 3 is 2.13 bits per heavy atom. The largest absolute Gasteiger partial charge is 0.328 e. The van der Waals surface area contributed by atoms with Gasteiger partial charge in [0.1, 0.15) is 0 Å². The van der Waals surface area contributed by atoms with Crippen molar-refractivity contribution in [3.8, 4) is 0 Å². The molecule has 1 heteroatoms. The van der Waals surface area contributed by atoms with Crippen LogP contribution in [0.15, 0.2) is 12.2 Å². The van der Waals surface area contributed by atoms with Gasteiger partial charge in [0.25, 0.3) is 0 Å². The summed E-state index contributed by atoms with van der Waals surface area (Å²) in [6.07, 6.45) is 12.7. The maximum absolute atomic E-state index is 2.54. The first kappa shape index (κ1) is 22.7. The summed E-state index contributed by atoms with van der Waals surface area (Å²) in [6, 6.07) is 0. The van der Waals surface area contributed by atoms with Gasteiger partial charge in [0.15, 0.2) is 0 Å². The van der Waals surface area contributed by atoms with Gasteiger partial charge in [0, 0.05) is 5.92 Å². The number of unbranched alkanes of at least 4 members (excludes halogenated alkanes) is 1. The maximum Gasteiger partial charge on any atom is 0.0811 e. The van der Waals surface area contributed by atoms with Crippen LogP contribution in [0.25, 0.3) is 0 Å². The zero-order valence-corrected chi connectivity index (χ0v) is 17.6. The number of hydrogen-bond donors (Lipinski definition) is 0. The summed E-state index contributed by atoms with van der Waals surface area (Å²) >= 11 is 0. The third-order valence-electron chi connectivity index (χ3n) is 5.86. The molecule has 0 bridgehead atoms. The van der Waals surface area contributed by atoms with Crippen LogP contribution >= 0.6 is 0 Å². The molecule has 23 heavy (non-hydrogen) atoms. The Labute approximate surface area is 148 Å². The van der Waals surface area contributed by atoms with Crippen LogP contribution in [0, 0.1) is 23.7 Å². The van der Waals surface area contributed by atoms with E-state index in [0.717, 1.165) is 23.7 Å². The fraction of sp³-hybridized carbons (Fsp3) is 0.909. The molecule has 0 aliphatic carbocycles. The Hall–Kier alpha value is -0.300. The van der Waals surface area contributed by atoms with Gasteiger partial charge in [-0.25, -0.2) is 0 Å². The Morgan fingerprint density at radius 2 is 1.65 bits per heavy atom. The Kier molecular flexibility index (Phi) is 12.0. The lowest BCUT2D eigenvalue weighted by molar-refractivity contribution is -0.894. The normalized spacial score (nSPS) is 18.1. The highest BCUT2D eigenvalue weighted by Gasteiger charge is 2.31. The topological polar surface area (TPSA) is 0 Å². The van der Waals surface area contributed by atoms with E-state index in [2.05, 4.69) is 67.8 Å². The lowest BCUT2D eigenvalue weighted by atomic mass is 9.72. The van der Waals surface area contributed by atoms with Gasteiger partial charge in [-0.05, 0) is 37.5 Å². The van der Waals surface area contributed by atoms with Crippen molar-refractivity contribution in [1.29, 1.82) is 0 Å². The summed E-state index contributed by atoms with van der Waals surface area (Å²) in [6.45, 7) is 16.8. The summed E-state index contributed by atoms with van der Waals surface area (Å²) in [5, 5.41) is 0. The van der Waals surface area contributed by atoms with Crippen molar-refractivity contribution >= 4 is 0 Å². The smallest absolute Gasteiger partial charge is 0.0811 e. The van der Waals surface area contributed by atoms with E-state index in [1.807, 2.05) is 0 Å². The molecule has 0 saturated heterocycles. The SMILES string of the molecule is CC=CCC(C(C)C[N+](C)(C)CCC)C(C)C(CC)CCCC. The number of rotatable bonds is 13. The summed E-state index contributed by atoms with van der Waals surface area (Å²) < 4.78 is 1.17. The van der Waals surface area contributed by atoms with Gasteiger partial charge in [-0.3, -0.25) is 0 Å². The Morgan fingerprint density at radius 1 is 1.00 bits per heavy atom. The molecule has 0 aliphatic heterocycles. The minimum atomic E-state index is 0.790. The molecule has 4 atom stereocenters. The van der Waals surface area contributed by atoms with E-state index in [4.69, 9.17) is 0 Å². The lowest BCUT2D eigenvalue weighted by Crippen LogP contribution is -2.45. The van der Waals surface area contributed by atoms with Gasteiger partial charge in [0.2, 0.25) is 0 Å². The second-order valence-corrected chi connectivity index (χ2v) is 8.46. The van der Waals surface area contributed by atoms with E-state index in [1.54, 1.807) is 0 Å². The molecule has 4 unspecified atom stereocenters. The first-order valence-corrected chi connectivity index (χ1v) is 10.3. The van der Waals surface area contributed by atoms with Crippen LogP contribution in [0.3, 0.4) is 0 Å². The molecule has 0 aromatic heterocycles.